The molecule has 5 rings (SSSR count). The minimum Gasteiger partial charge on any atom is -0.274 e. The van der Waals surface area contributed by atoms with Crippen LogP contribution in [0.5, 0.6) is 0 Å². The van der Waals surface area contributed by atoms with Gasteiger partial charge < -0.3 is 0 Å². The maximum Gasteiger partial charge on any atom is 0.280 e. The number of nitrogens with zero attached hydrogens (tertiary/aromatic N) is 2. The van der Waals surface area contributed by atoms with Crippen LogP contribution in [0.15, 0.2) is 60.7 Å². The summed E-state index contributed by atoms with van der Waals surface area (Å²) in [5, 5.41) is 2.07. The van der Waals surface area contributed by atoms with Crippen LogP contribution in [-0.4, -0.2) is 46.0 Å². The molecule has 0 fully saturated rings. The Morgan fingerprint density at radius 2 is 1.22 bits per heavy atom. The molecule has 3 aromatic carbocycles. The van der Waals surface area contributed by atoms with Crippen LogP contribution in [0.1, 0.15) is 54.3 Å². The molecule has 0 unspecified atom stereocenters. The summed E-state index contributed by atoms with van der Waals surface area (Å²) in [5.41, 5.74) is 3.74. The topological polar surface area (TPSA) is 104 Å². The maximum atomic E-state index is 12.8. The fourth-order valence-corrected chi connectivity index (χ4v) is 4.15. The number of amides is 5. The summed E-state index contributed by atoms with van der Waals surface area (Å²) in [6, 6.07) is 16.9. The first kappa shape index (κ1) is 19.6. The standard InChI is InChI=1S/C24H17N3O5/c28-19(12-5-13-26-21(29)15-8-1-2-9-16(15)22(26)30)25-27-23(31)17-10-3-6-14-7-4-11-18(20(14)17)24(27)32/h1-4,6-11H,5,12-13H2,(H,25,28). The van der Waals surface area contributed by atoms with E-state index in [1.165, 1.54) is 0 Å². The van der Waals surface area contributed by atoms with E-state index >= 15 is 0 Å². The molecule has 0 spiro atoms. The van der Waals surface area contributed by atoms with Gasteiger partial charge in [-0.2, -0.15) is 5.01 Å². The minimum atomic E-state index is -0.604. The van der Waals surface area contributed by atoms with Crippen molar-refractivity contribution in [3.8, 4) is 0 Å². The Kier molecular flexibility index (Phi) is 4.55. The molecule has 8 nitrogen and oxygen atoms in total. The number of hydrogen-bond acceptors (Lipinski definition) is 5. The van der Waals surface area contributed by atoms with E-state index in [0.717, 1.165) is 15.3 Å². The van der Waals surface area contributed by atoms with Crippen LogP contribution in [0, 0.1) is 0 Å². The Balaban J connectivity index is 1.25. The first-order valence-electron chi connectivity index (χ1n) is 10.1. The van der Waals surface area contributed by atoms with Gasteiger partial charge in [0.1, 0.15) is 0 Å². The van der Waals surface area contributed by atoms with Crippen molar-refractivity contribution in [1.82, 2.24) is 15.3 Å². The zero-order valence-corrected chi connectivity index (χ0v) is 16.8. The van der Waals surface area contributed by atoms with Gasteiger partial charge >= 0.3 is 0 Å². The van der Waals surface area contributed by atoms with E-state index in [4.69, 9.17) is 0 Å². The van der Waals surface area contributed by atoms with E-state index < -0.39 is 29.5 Å². The van der Waals surface area contributed by atoms with Crippen molar-refractivity contribution in [3.63, 3.8) is 0 Å². The third kappa shape index (κ3) is 2.96. The van der Waals surface area contributed by atoms with Crippen LogP contribution in [0.3, 0.4) is 0 Å². The Labute approximate surface area is 182 Å². The van der Waals surface area contributed by atoms with Crippen LogP contribution < -0.4 is 5.43 Å². The molecule has 0 aromatic heterocycles. The Morgan fingerprint density at radius 1 is 0.688 bits per heavy atom. The molecule has 32 heavy (non-hydrogen) atoms. The monoisotopic (exact) mass is 427 g/mol. The molecule has 0 radical (unpaired) electrons. The summed E-state index contributed by atoms with van der Waals surface area (Å²) in [6.45, 7) is 0.0593. The van der Waals surface area contributed by atoms with E-state index in [1.807, 2.05) is 12.1 Å². The second-order valence-electron chi connectivity index (χ2n) is 7.60. The van der Waals surface area contributed by atoms with Gasteiger partial charge in [0.25, 0.3) is 23.6 Å². The average Bonchev–Trinajstić information content (AvgIpc) is 3.05. The van der Waals surface area contributed by atoms with Crippen LogP contribution >= 0.6 is 0 Å². The molecule has 0 aliphatic carbocycles. The molecule has 0 bridgehead atoms. The van der Waals surface area contributed by atoms with Crippen LogP contribution in [0.4, 0.5) is 0 Å². The van der Waals surface area contributed by atoms with Gasteiger partial charge in [-0.1, -0.05) is 36.4 Å². The van der Waals surface area contributed by atoms with E-state index in [9.17, 15) is 24.0 Å². The number of carbonyl (C=O) groups excluding carboxylic acids is 5. The fraction of sp³-hybridized carbons (Fsp3) is 0.125. The third-order valence-electron chi connectivity index (χ3n) is 5.67. The average molecular weight is 427 g/mol. The summed E-state index contributed by atoms with van der Waals surface area (Å²) < 4.78 is 0. The molecule has 158 valence electrons. The normalized spacial score (nSPS) is 14.9. The van der Waals surface area contributed by atoms with E-state index in [-0.39, 0.29) is 19.4 Å². The van der Waals surface area contributed by atoms with Gasteiger partial charge in [0, 0.05) is 18.4 Å². The lowest BCUT2D eigenvalue weighted by atomic mass is 9.95. The number of fused-ring (bicyclic) bond motifs is 1. The van der Waals surface area contributed by atoms with Crippen molar-refractivity contribution in [2.75, 3.05) is 6.54 Å². The molecule has 1 N–H and O–H groups in total. The number of hydrazine groups is 1. The smallest absolute Gasteiger partial charge is 0.274 e. The van der Waals surface area contributed by atoms with Crippen molar-refractivity contribution < 1.29 is 24.0 Å². The second kappa shape index (κ2) is 7.42. The van der Waals surface area contributed by atoms with E-state index in [0.29, 0.717) is 27.6 Å². The summed E-state index contributed by atoms with van der Waals surface area (Å²) in [4.78, 5) is 64.0. The number of rotatable bonds is 5. The SMILES string of the molecule is O=C(CCCN1C(=O)c2ccccc2C1=O)NN1C(=O)c2cccc3cccc(c23)C1=O. The van der Waals surface area contributed by atoms with Crippen LogP contribution in [0.2, 0.25) is 0 Å². The summed E-state index contributed by atoms with van der Waals surface area (Å²) in [7, 11) is 0. The number of carbonyl (C=O) groups is 5. The fourth-order valence-electron chi connectivity index (χ4n) is 4.15. The van der Waals surface area contributed by atoms with Gasteiger partial charge in [-0.15, -0.1) is 0 Å². The molecule has 3 aromatic rings. The molecule has 0 atom stereocenters. The van der Waals surface area contributed by atoms with Gasteiger partial charge in [0.05, 0.1) is 22.3 Å². The molecule has 5 amide bonds. The van der Waals surface area contributed by atoms with Gasteiger partial charge in [0.2, 0.25) is 5.91 Å². The Hall–Kier alpha value is -4.33. The predicted molar refractivity (Wildman–Crippen MR) is 114 cm³/mol. The molecular weight excluding hydrogens is 410 g/mol. The maximum absolute atomic E-state index is 12.8. The number of nitrogens with one attached hydrogen (secondary N) is 1. The number of imide groups is 2. The molecule has 2 aliphatic heterocycles. The second-order valence-corrected chi connectivity index (χ2v) is 7.60. The molecule has 0 saturated carbocycles. The largest absolute Gasteiger partial charge is 0.280 e. The predicted octanol–water partition coefficient (Wildman–Crippen LogP) is 2.54. The lowest BCUT2D eigenvalue weighted by Gasteiger charge is -2.27. The van der Waals surface area contributed by atoms with Crippen LogP contribution in [0.25, 0.3) is 10.8 Å². The Morgan fingerprint density at radius 3 is 1.78 bits per heavy atom. The van der Waals surface area contributed by atoms with E-state index in [2.05, 4.69) is 5.43 Å². The molecule has 8 heteroatoms. The first-order valence-corrected chi connectivity index (χ1v) is 10.1. The van der Waals surface area contributed by atoms with Gasteiger partial charge in [0.15, 0.2) is 0 Å². The highest BCUT2D eigenvalue weighted by molar-refractivity contribution is 6.25. The van der Waals surface area contributed by atoms with Crippen molar-refractivity contribution >= 4 is 40.3 Å². The van der Waals surface area contributed by atoms with Crippen molar-refractivity contribution in [1.29, 1.82) is 0 Å². The number of benzene rings is 3. The zero-order valence-electron chi connectivity index (χ0n) is 16.8. The number of hydrogen-bond donors (Lipinski definition) is 1. The van der Waals surface area contributed by atoms with Gasteiger partial charge in [-0.05, 0) is 36.1 Å². The highest BCUT2D eigenvalue weighted by Crippen LogP contribution is 2.29. The van der Waals surface area contributed by atoms with Crippen molar-refractivity contribution in [2.45, 2.75) is 12.8 Å². The van der Waals surface area contributed by atoms with Gasteiger partial charge in [-0.3, -0.25) is 34.3 Å². The van der Waals surface area contributed by atoms with Gasteiger partial charge in [-0.25, -0.2) is 0 Å². The quantitative estimate of drug-likeness (QED) is 0.631. The zero-order chi connectivity index (χ0) is 22.4. The summed E-state index contributed by atoms with van der Waals surface area (Å²) >= 11 is 0. The third-order valence-corrected chi connectivity index (χ3v) is 5.67. The Bertz CT molecular complexity index is 1260. The van der Waals surface area contributed by atoms with Crippen LogP contribution in [-0.2, 0) is 4.79 Å². The highest BCUT2D eigenvalue weighted by atomic mass is 16.2. The lowest BCUT2D eigenvalue weighted by molar-refractivity contribution is -0.124. The lowest BCUT2D eigenvalue weighted by Crippen LogP contribution is -2.51. The molecule has 2 heterocycles. The van der Waals surface area contributed by atoms with E-state index in [1.54, 1.807) is 48.5 Å². The summed E-state index contributed by atoms with van der Waals surface area (Å²) in [5.74, 6) is -2.55. The molecular formula is C24H17N3O5. The van der Waals surface area contributed by atoms with Crippen molar-refractivity contribution in [2.24, 2.45) is 0 Å². The molecule has 2 aliphatic rings. The first-order chi connectivity index (χ1) is 15.5. The highest BCUT2D eigenvalue weighted by Gasteiger charge is 2.36. The minimum absolute atomic E-state index is 0.0593. The summed E-state index contributed by atoms with van der Waals surface area (Å²) in [6.07, 6.45) is 0.121. The van der Waals surface area contributed by atoms with Crippen molar-refractivity contribution in [3.05, 3.63) is 82.9 Å². The molecule has 0 saturated heterocycles.